The topological polar surface area (TPSA) is 114 Å². The van der Waals surface area contributed by atoms with E-state index in [0.717, 1.165) is 10.9 Å². The first-order valence-corrected chi connectivity index (χ1v) is 10.0. The molecule has 31 heavy (non-hydrogen) atoms. The van der Waals surface area contributed by atoms with Crippen LogP contribution in [0.25, 0.3) is 10.9 Å². The van der Waals surface area contributed by atoms with Gasteiger partial charge in [-0.15, -0.1) is 0 Å². The van der Waals surface area contributed by atoms with E-state index < -0.39 is 29.1 Å². The van der Waals surface area contributed by atoms with Crippen molar-refractivity contribution in [1.29, 1.82) is 0 Å². The van der Waals surface area contributed by atoms with Crippen LogP contribution in [0.3, 0.4) is 0 Å². The van der Waals surface area contributed by atoms with Crippen molar-refractivity contribution in [2.45, 2.75) is 32.4 Å². The minimum Gasteiger partial charge on any atom is -0.503 e. The number of fused-ring (bicyclic) bond motifs is 1. The van der Waals surface area contributed by atoms with Crippen LogP contribution in [0.15, 0.2) is 42.7 Å². The van der Waals surface area contributed by atoms with Crippen molar-refractivity contribution in [2.75, 3.05) is 7.11 Å². The van der Waals surface area contributed by atoms with E-state index in [-0.39, 0.29) is 17.5 Å². The number of carboxylic acids is 1. The maximum absolute atomic E-state index is 12.8. The second kappa shape index (κ2) is 8.47. The van der Waals surface area contributed by atoms with E-state index in [9.17, 15) is 19.8 Å². The molecule has 0 aliphatic rings. The minimum absolute atomic E-state index is 0.0642. The van der Waals surface area contributed by atoms with E-state index in [4.69, 9.17) is 16.3 Å². The molecule has 2 heterocycles. The maximum atomic E-state index is 12.8. The molecule has 0 fully saturated rings. The second-order valence-electron chi connectivity index (χ2n) is 7.63. The molecular weight excluding hydrogens is 422 g/mol. The van der Waals surface area contributed by atoms with Crippen LogP contribution in [0.1, 0.15) is 37.3 Å². The summed E-state index contributed by atoms with van der Waals surface area (Å²) in [4.78, 5) is 29.0. The fourth-order valence-corrected chi connectivity index (χ4v) is 3.79. The lowest BCUT2D eigenvalue weighted by atomic mass is 9.81. The number of nitrogens with zero attached hydrogens (tertiary/aromatic N) is 2. The predicted octanol–water partition coefficient (Wildman–Crippen LogP) is 3.87. The summed E-state index contributed by atoms with van der Waals surface area (Å²) in [7, 11) is 1.34. The Hall–Kier alpha value is -3.26. The lowest BCUT2D eigenvalue weighted by molar-refractivity contribution is -0.146. The molecule has 0 bridgehead atoms. The zero-order valence-corrected chi connectivity index (χ0v) is 18.3. The van der Waals surface area contributed by atoms with Gasteiger partial charge in [0.2, 0.25) is 0 Å². The lowest BCUT2D eigenvalue weighted by Gasteiger charge is -2.36. The maximum Gasteiger partial charge on any atom is 0.329 e. The number of methoxy groups -OCH3 is 1. The first-order chi connectivity index (χ1) is 14.6. The smallest absolute Gasteiger partial charge is 0.329 e. The number of aromatic hydroxyl groups is 1. The fourth-order valence-electron chi connectivity index (χ4n) is 3.62. The number of amides is 1. The van der Waals surface area contributed by atoms with Gasteiger partial charge in [-0.25, -0.2) is 9.78 Å². The molecular formula is C22H24ClN3O5. The average Bonchev–Trinajstić information content (AvgIpc) is 3.15. The molecule has 3 aromatic rings. The first-order valence-electron chi connectivity index (χ1n) is 9.64. The molecule has 0 saturated heterocycles. The summed E-state index contributed by atoms with van der Waals surface area (Å²) in [5.41, 5.74) is -1.12. The van der Waals surface area contributed by atoms with Crippen molar-refractivity contribution in [3.63, 3.8) is 0 Å². The number of nitrogens with one attached hydrogen (secondary N) is 1. The van der Waals surface area contributed by atoms with Gasteiger partial charge in [-0.2, -0.15) is 0 Å². The van der Waals surface area contributed by atoms with Gasteiger partial charge >= 0.3 is 5.97 Å². The van der Waals surface area contributed by atoms with Gasteiger partial charge in [-0.05, 0) is 37.4 Å². The van der Waals surface area contributed by atoms with Gasteiger partial charge in [-0.3, -0.25) is 4.79 Å². The minimum atomic E-state index is -1.66. The zero-order chi connectivity index (χ0) is 22.9. The summed E-state index contributed by atoms with van der Waals surface area (Å²) in [5.74, 6) is -2.98. The highest BCUT2D eigenvalue weighted by molar-refractivity contribution is 6.31. The van der Waals surface area contributed by atoms with E-state index >= 15 is 0 Å². The van der Waals surface area contributed by atoms with Gasteiger partial charge in [-0.1, -0.05) is 24.6 Å². The van der Waals surface area contributed by atoms with E-state index in [2.05, 4.69) is 10.3 Å². The van der Waals surface area contributed by atoms with Crippen molar-refractivity contribution in [2.24, 2.45) is 5.92 Å². The Kier molecular flexibility index (Phi) is 6.13. The largest absolute Gasteiger partial charge is 0.503 e. The van der Waals surface area contributed by atoms with Gasteiger partial charge < -0.3 is 24.8 Å². The summed E-state index contributed by atoms with van der Waals surface area (Å²) in [6.07, 6.45) is 3.16. The number of carboxylic acid groups (broad SMARTS) is 1. The Morgan fingerprint density at radius 1 is 1.26 bits per heavy atom. The number of aliphatic carboxylic acids is 1. The van der Waals surface area contributed by atoms with E-state index in [1.54, 1.807) is 13.0 Å². The van der Waals surface area contributed by atoms with Crippen molar-refractivity contribution in [3.05, 3.63) is 53.4 Å². The molecule has 0 spiro atoms. The highest BCUT2D eigenvalue weighted by atomic mass is 35.5. The molecule has 3 rings (SSSR count). The molecule has 1 aromatic carbocycles. The second-order valence-corrected chi connectivity index (χ2v) is 8.06. The Labute approximate surface area is 184 Å². The molecule has 3 N–H and O–H groups in total. The van der Waals surface area contributed by atoms with Gasteiger partial charge in [0.15, 0.2) is 17.2 Å². The number of carbonyl (C=O) groups is 2. The molecule has 8 nitrogen and oxygen atoms in total. The number of hydrogen-bond acceptors (Lipinski definition) is 5. The summed E-state index contributed by atoms with van der Waals surface area (Å²) < 4.78 is 6.93. The number of rotatable bonds is 7. The summed E-state index contributed by atoms with van der Waals surface area (Å²) in [5, 5.41) is 24.3. The van der Waals surface area contributed by atoms with Crippen molar-refractivity contribution < 1.29 is 24.5 Å². The number of pyridine rings is 1. The predicted molar refractivity (Wildman–Crippen MR) is 117 cm³/mol. The van der Waals surface area contributed by atoms with Crippen LogP contribution < -0.4 is 10.1 Å². The van der Waals surface area contributed by atoms with Crippen LogP contribution in [-0.4, -0.2) is 44.3 Å². The van der Waals surface area contributed by atoms with E-state index in [1.807, 2.05) is 35.9 Å². The third kappa shape index (κ3) is 4.03. The van der Waals surface area contributed by atoms with Crippen LogP contribution in [0.4, 0.5) is 0 Å². The summed E-state index contributed by atoms with van der Waals surface area (Å²) >= 11 is 6.14. The number of aromatic nitrogens is 2. The molecule has 2 aromatic heterocycles. The summed E-state index contributed by atoms with van der Waals surface area (Å²) in [6, 6.07) is 8.50. The Morgan fingerprint density at radius 2 is 1.97 bits per heavy atom. The third-order valence-corrected chi connectivity index (χ3v) is 6.13. The van der Waals surface area contributed by atoms with Gasteiger partial charge in [0.05, 0.1) is 7.11 Å². The van der Waals surface area contributed by atoms with E-state index in [1.165, 1.54) is 26.3 Å². The number of halogens is 1. The summed E-state index contributed by atoms with van der Waals surface area (Å²) in [6.45, 7) is 5.05. The molecule has 164 valence electrons. The molecule has 3 atom stereocenters. The van der Waals surface area contributed by atoms with Gasteiger partial charge in [0.25, 0.3) is 5.91 Å². The van der Waals surface area contributed by atoms with Crippen molar-refractivity contribution in [3.8, 4) is 11.5 Å². The van der Waals surface area contributed by atoms with Crippen LogP contribution in [0, 0.1) is 5.92 Å². The molecule has 3 unspecified atom stereocenters. The molecule has 0 aliphatic heterocycles. The first kappa shape index (κ1) is 22.4. The number of carbonyl (C=O) groups excluding carboxylic acids is 1. The van der Waals surface area contributed by atoms with E-state index in [0.29, 0.717) is 5.02 Å². The monoisotopic (exact) mass is 445 g/mol. The van der Waals surface area contributed by atoms with Gasteiger partial charge in [0.1, 0.15) is 5.54 Å². The zero-order valence-electron chi connectivity index (χ0n) is 17.6. The Balaban J connectivity index is 1.95. The molecule has 0 aliphatic carbocycles. The SMILES string of the molecule is COc1ccnc(C(=O)NC(C)(C(=O)O)C(C)C(C)n2ccc3ccc(Cl)cc32)c1O. The third-order valence-electron chi connectivity index (χ3n) is 5.90. The van der Waals surface area contributed by atoms with Crippen LogP contribution in [0.2, 0.25) is 5.02 Å². The van der Waals surface area contributed by atoms with Crippen molar-refractivity contribution >= 4 is 34.4 Å². The molecule has 0 saturated carbocycles. The normalized spacial score (nSPS) is 15.1. The standard InChI is InChI=1S/C22H24ClN3O5/c1-12(13(2)26-10-8-14-5-6-15(23)11-16(14)26)22(3,21(29)30)25-20(28)18-19(27)17(31-4)7-9-24-18/h5-13,27H,1-4H3,(H,25,28)(H,29,30). The van der Waals surface area contributed by atoms with Crippen LogP contribution in [0.5, 0.6) is 11.5 Å². The highest BCUT2D eigenvalue weighted by Crippen LogP contribution is 2.34. The van der Waals surface area contributed by atoms with Crippen LogP contribution in [-0.2, 0) is 4.79 Å². The number of benzene rings is 1. The highest BCUT2D eigenvalue weighted by Gasteiger charge is 2.44. The fraction of sp³-hybridized carbons (Fsp3) is 0.318. The number of hydrogen-bond donors (Lipinski definition) is 3. The Morgan fingerprint density at radius 3 is 2.61 bits per heavy atom. The molecule has 0 radical (unpaired) electrons. The van der Waals surface area contributed by atoms with Crippen molar-refractivity contribution in [1.82, 2.24) is 14.9 Å². The molecule has 9 heteroatoms. The van der Waals surface area contributed by atoms with Gasteiger partial charge in [0, 0.05) is 41.0 Å². The Bertz CT molecular complexity index is 1150. The quantitative estimate of drug-likeness (QED) is 0.508. The molecule has 1 amide bonds. The lowest BCUT2D eigenvalue weighted by Crippen LogP contribution is -2.58. The number of ether oxygens (including phenoxy) is 1. The van der Waals surface area contributed by atoms with Crippen LogP contribution >= 0.6 is 11.6 Å². The average molecular weight is 446 g/mol.